The summed E-state index contributed by atoms with van der Waals surface area (Å²) in [5, 5.41) is 14.1. The van der Waals surface area contributed by atoms with Crippen molar-refractivity contribution in [3.8, 4) is 5.88 Å². The first-order valence-electron chi connectivity index (χ1n) is 6.53. The summed E-state index contributed by atoms with van der Waals surface area (Å²) in [6.07, 6.45) is 4.67. The molecule has 0 amide bonds. The molecular formula is C13H19N3O3. The maximum atomic E-state index is 11.0. The highest BCUT2D eigenvalue weighted by Gasteiger charge is 2.35. The first kappa shape index (κ1) is 13.6. The van der Waals surface area contributed by atoms with Crippen LogP contribution in [-0.2, 0) is 0 Å². The Hall–Kier alpha value is -1.85. The van der Waals surface area contributed by atoms with Gasteiger partial charge in [-0.2, -0.15) is 4.98 Å². The van der Waals surface area contributed by atoms with E-state index in [1.807, 2.05) is 0 Å². The van der Waals surface area contributed by atoms with E-state index < -0.39 is 4.92 Å². The molecule has 19 heavy (non-hydrogen) atoms. The molecule has 1 aromatic rings. The summed E-state index contributed by atoms with van der Waals surface area (Å²) in [6.45, 7) is 2.89. The SMILES string of the molecule is CCC1(CNc2nc(OC)ccc2[N+](=O)[O-])CCC1. The maximum absolute atomic E-state index is 11.0. The van der Waals surface area contributed by atoms with Gasteiger partial charge in [0.05, 0.1) is 12.0 Å². The van der Waals surface area contributed by atoms with Crippen molar-refractivity contribution in [2.24, 2.45) is 5.41 Å². The van der Waals surface area contributed by atoms with E-state index in [0.29, 0.717) is 11.7 Å². The molecule has 0 aromatic carbocycles. The topological polar surface area (TPSA) is 77.3 Å². The van der Waals surface area contributed by atoms with Crippen LogP contribution in [0.1, 0.15) is 32.6 Å². The third kappa shape index (κ3) is 2.77. The fraction of sp³-hybridized carbons (Fsp3) is 0.615. The van der Waals surface area contributed by atoms with Crippen LogP contribution in [0.15, 0.2) is 12.1 Å². The van der Waals surface area contributed by atoms with Crippen LogP contribution in [0.3, 0.4) is 0 Å². The molecule has 1 saturated carbocycles. The minimum absolute atomic E-state index is 0.00798. The van der Waals surface area contributed by atoms with Crippen molar-refractivity contribution in [2.45, 2.75) is 32.6 Å². The highest BCUT2D eigenvalue weighted by Crippen LogP contribution is 2.44. The van der Waals surface area contributed by atoms with E-state index in [9.17, 15) is 10.1 Å². The molecule has 0 spiro atoms. The number of anilines is 1. The quantitative estimate of drug-likeness (QED) is 0.632. The van der Waals surface area contributed by atoms with Crippen LogP contribution in [-0.4, -0.2) is 23.6 Å². The molecule has 0 unspecified atom stereocenters. The van der Waals surface area contributed by atoms with Gasteiger partial charge in [-0.05, 0) is 24.7 Å². The van der Waals surface area contributed by atoms with E-state index in [2.05, 4.69) is 17.2 Å². The van der Waals surface area contributed by atoms with Crippen molar-refractivity contribution >= 4 is 11.5 Å². The Morgan fingerprint density at radius 1 is 1.53 bits per heavy atom. The maximum Gasteiger partial charge on any atom is 0.311 e. The molecule has 1 aromatic heterocycles. The molecule has 1 fully saturated rings. The number of nitrogens with one attached hydrogen (secondary N) is 1. The van der Waals surface area contributed by atoms with Crippen LogP contribution in [0.25, 0.3) is 0 Å². The lowest BCUT2D eigenvalue weighted by atomic mass is 9.67. The Balaban J connectivity index is 2.15. The number of methoxy groups -OCH3 is 1. The number of aromatic nitrogens is 1. The third-order valence-corrected chi connectivity index (χ3v) is 4.05. The van der Waals surface area contributed by atoms with Gasteiger partial charge < -0.3 is 10.1 Å². The highest BCUT2D eigenvalue weighted by atomic mass is 16.6. The Labute approximate surface area is 112 Å². The number of ether oxygens (including phenoxy) is 1. The molecule has 0 radical (unpaired) electrons. The Kier molecular flexibility index (Phi) is 3.87. The molecule has 0 aliphatic heterocycles. The number of rotatable bonds is 6. The minimum Gasteiger partial charge on any atom is -0.481 e. The molecule has 2 rings (SSSR count). The van der Waals surface area contributed by atoms with Crippen LogP contribution < -0.4 is 10.1 Å². The first-order valence-corrected chi connectivity index (χ1v) is 6.53. The first-order chi connectivity index (χ1) is 9.10. The van der Waals surface area contributed by atoms with Gasteiger partial charge in [0.1, 0.15) is 0 Å². The fourth-order valence-electron chi connectivity index (χ4n) is 2.43. The van der Waals surface area contributed by atoms with E-state index >= 15 is 0 Å². The Bertz CT molecular complexity index is 467. The van der Waals surface area contributed by atoms with Crippen molar-refractivity contribution in [3.05, 3.63) is 22.2 Å². The number of pyridine rings is 1. The molecule has 0 bridgehead atoms. The lowest BCUT2D eigenvalue weighted by Crippen LogP contribution is -2.36. The van der Waals surface area contributed by atoms with E-state index in [-0.39, 0.29) is 11.1 Å². The number of hydrogen-bond donors (Lipinski definition) is 1. The standard InChI is InChI=1S/C13H19N3O3/c1-3-13(7-4-8-13)9-14-12-10(16(17)18)5-6-11(15-12)19-2/h5-6H,3-4,7-9H2,1-2H3,(H,14,15). The van der Waals surface area contributed by atoms with E-state index in [1.165, 1.54) is 38.5 Å². The third-order valence-electron chi connectivity index (χ3n) is 4.05. The van der Waals surface area contributed by atoms with Gasteiger partial charge in [0.15, 0.2) is 0 Å². The average molecular weight is 265 g/mol. The molecule has 6 heteroatoms. The molecule has 1 heterocycles. The van der Waals surface area contributed by atoms with Gasteiger partial charge in [-0.1, -0.05) is 13.3 Å². The normalized spacial score (nSPS) is 16.5. The molecule has 6 nitrogen and oxygen atoms in total. The predicted molar refractivity (Wildman–Crippen MR) is 72.5 cm³/mol. The number of hydrogen-bond acceptors (Lipinski definition) is 5. The van der Waals surface area contributed by atoms with Crippen molar-refractivity contribution in [1.29, 1.82) is 0 Å². The second-order valence-electron chi connectivity index (χ2n) is 5.04. The number of nitro groups is 1. The molecule has 0 atom stereocenters. The van der Waals surface area contributed by atoms with Gasteiger partial charge in [0.25, 0.3) is 0 Å². The highest BCUT2D eigenvalue weighted by molar-refractivity contribution is 5.57. The summed E-state index contributed by atoms with van der Waals surface area (Å²) >= 11 is 0. The molecule has 1 N–H and O–H groups in total. The molecular weight excluding hydrogens is 246 g/mol. The van der Waals surface area contributed by atoms with Gasteiger partial charge in [-0.25, -0.2) is 0 Å². The van der Waals surface area contributed by atoms with Crippen molar-refractivity contribution in [2.75, 3.05) is 19.0 Å². The van der Waals surface area contributed by atoms with Crippen LogP contribution in [0.2, 0.25) is 0 Å². The van der Waals surface area contributed by atoms with Crippen LogP contribution in [0, 0.1) is 15.5 Å². The predicted octanol–water partition coefficient (Wildman–Crippen LogP) is 2.99. The van der Waals surface area contributed by atoms with Gasteiger partial charge in [0, 0.05) is 18.7 Å². The summed E-state index contributed by atoms with van der Waals surface area (Å²) in [6, 6.07) is 2.93. The van der Waals surface area contributed by atoms with Crippen LogP contribution in [0.4, 0.5) is 11.5 Å². The fourth-order valence-corrected chi connectivity index (χ4v) is 2.43. The van der Waals surface area contributed by atoms with E-state index in [0.717, 1.165) is 13.0 Å². The van der Waals surface area contributed by atoms with E-state index in [1.54, 1.807) is 0 Å². The molecule has 104 valence electrons. The summed E-state index contributed by atoms with van der Waals surface area (Å²) in [7, 11) is 1.50. The summed E-state index contributed by atoms with van der Waals surface area (Å²) in [5.41, 5.74) is 0.268. The van der Waals surface area contributed by atoms with Crippen molar-refractivity contribution in [3.63, 3.8) is 0 Å². The van der Waals surface area contributed by atoms with Gasteiger partial charge in [-0.3, -0.25) is 10.1 Å². The van der Waals surface area contributed by atoms with Crippen molar-refractivity contribution < 1.29 is 9.66 Å². The van der Waals surface area contributed by atoms with Crippen molar-refractivity contribution in [1.82, 2.24) is 4.98 Å². The minimum atomic E-state index is -0.422. The summed E-state index contributed by atoms with van der Waals surface area (Å²) in [4.78, 5) is 14.7. The van der Waals surface area contributed by atoms with Crippen LogP contribution in [0.5, 0.6) is 5.88 Å². The number of nitrogens with zero attached hydrogens (tertiary/aromatic N) is 2. The largest absolute Gasteiger partial charge is 0.481 e. The Morgan fingerprint density at radius 3 is 2.74 bits per heavy atom. The molecule has 1 aliphatic rings. The lowest BCUT2D eigenvalue weighted by molar-refractivity contribution is -0.384. The van der Waals surface area contributed by atoms with Crippen LogP contribution >= 0.6 is 0 Å². The zero-order chi connectivity index (χ0) is 13.9. The average Bonchev–Trinajstić information content (AvgIpc) is 2.37. The smallest absolute Gasteiger partial charge is 0.311 e. The van der Waals surface area contributed by atoms with Gasteiger partial charge in [0.2, 0.25) is 11.7 Å². The zero-order valence-corrected chi connectivity index (χ0v) is 11.3. The summed E-state index contributed by atoms with van der Waals surface area (Å²) < 4.78 is 5.01. The van der Waals surface area contributed by atoms with E-state index in [4.69, 9.17) is 4.74 Å². The molecule has 1 aliphatic carbocycles. The second-order valence-corrected chi connectivity index (χ2v) is 5.04. The lowest BCUT2D eigenvalue weighted by Gasteiger charge is -2.41. The second kappa shape index (κ2) is 5.42. The zero-order valence-electron chi connectivity index (χ0n) is 11.3. The summed E-state index contributed by atoms with van der Waals surface area (Å²) in [5.74, 6) is 0.677. The molecule has 0 saturated heterocycles. The van der Waals surface area contributed by atoms with Gasteiger partial charge in [-0.15, -0.1) is 0 Å². The monoisotopic (exact) mass is 265 g/mol. The Morgan fingerprint density at radius 2 is 2.26 bits per heavy atom. The van der Waals surface area contributed by atoms with Gasteiger partial charge >= 0.3 is 5.69 Å².